The van der Waals surface area contributed by atoms with E-state index < -0.39 is 33.1 Å². The highest BCUT2D eigenvalue weighted by Crippen LogP contribution is 2.34. The van der Waals surface area contributed by atoms with Crippen molar-refractivity contribution in [1.29, 1.82) is 0 Å². The fourth-order valence-corrected chi connectivity index (χ4v) is 5.33. The average molecular weight is 470 g/mol. The van der Waals surface area contributed by atoms with Gasteiger partial charge in [-0.1, -0.05) is 23.7 Å². The summed E-state index contributed by atoms with van der Waals surface area (Å²) >= 11 is 6.55. The van der Waals surface area contributed by atoms with Crippen molar-refractivity contribution < 1.29 is 32.4 Å². The van der Waals surface area contributed by atoms with Crippen molar-refractivity contribution in [2.24, 2.45) is 11.1 Å². The number of hydrogen-bond acceptors (Lipinski definition) is 8. The zero-order chi connectivity index (χ0) is 22.8. The molecular formula is C21H24ClNO7S. The molecule has 1 atom stereocenters. The van der Waals surface area contributed by atoms with Crippen molar-refractivity contribution in [2.45, 2.75) is 50.0 Å². The van der Waals surface area contributed by atoms with Crippen molar-refractivity contribution in [3.05, 3.63) is 28.3 Å². The lowest BCUT2D eigenvalue weighted by molar-refractivity contribution is -0.133. The van der Waals surface area contributed by atoms with Gasteiger partial charge >= 0.3 is 0 Å². The minimum absolute atomic E-state index is 0.0645. The molecule has 3 rings (SSSR count). The number of methoxy groups -OCH3 is 1. The molecule has 1 saturated carbocycles. The summed E-state index contributed by atoms with van der Waals surface area (Å²) in [7, 11) is -2.17. The first-order valence-corrected chi connectivity index (χ1v) is 12.1. The molecule has 0 aromatic heterocycles. The van der Waals surface area contributed by atoms with Crippen molar-refractivity contribution in [3.8, 4) is 0 Å². The lowest BCUT2D eigenvalue weighted by atomic mass is 9.81. The number of sulfone groups is 1. The van der Waals surface area contributed by atoms with Crippen molar-refractivity contribution in [3.63, 3.8) is 0 Å². The van der Waals surface area contributed by atoms with E-state index in [-0.39, 0.29) is 45.7 Å². The van der Waals surface area contributed by atoms with Gasteiger partial charge in [-0.05, 0) is 31.4 Å². The highest BCUT2D eigenvalue weighted by atomic mass is 35.5. The molecule has 0 amide bonds. The quantitative estimate of drug-likeness (QED) is 0.445. The second-order valence-corrected chi connectivity index (χ2v) is 10.2. The van der Waals surface area contributed by atoms with E-state index in [1.807, 2.05) is 0 Å². The molecule has 1 heterocycles. The Kier molecular flexibility index (Phi) is 7.28. The predicted molar refractivity (Wildman–Crippen MR) is 113 cm³/mol. The van der Waals surface area contributed by atoms with Crippen molar-refractivity contribution in [1.82, 2.24) is 0 Å². The summed E-state index contributed by atoms with van der Waals surface area (Å²) in [6, 6.07) is 2.55. The van der Waals surface area contributed by atoms with Crippen LogP contribution in [0.2, 0.25) is 5.02 Å². The van der Waals surface area contributed by atoms with E-state index in [1.54, 1.807) is 0 Å². The summed E-state index contributed by atoms with van der Waals surface area (Å²) in [5.74, 6) is -3.17. The molecule has 1 aliphatic heterocycles. The van der Waals surface area contributed by atoms with Crippen molar-refractivity contribution in [2.75, 3.05) is 19.5 Å². The van der Waals surface area contributed by atoms with Crippen molar-refractivity contribution >= 4 is 44.5 Å². The number of nitrogens with zero attached hydrogens (tertiary/aromatic N) is 1. The van der Waals surface area contributed by atoms with Crippen LogP contribution in [0.3, 0.4) is 0 Å². The molecule has 1 aromatic rings. The van der Waals surface area contributed by atoms with Gasteiger partial charge in [0.05, 0.1) is 28.0 Å². The number of ether oxygens (including phenoxy) is 1. The van der Waals surface area contributed by atoms with Crippen LogP contribution in [0.25, 0.3) is 0 Å². The number of halogens is 1. The Morgan fingerprint density at radius 1 is 1.23 bits per heavy atom. The zero-order valence-corrected chi connectivity index (χ0v) is 18.9. The van der Waals surface area contributed by atoms with E-state index >= 15 is 0 Å². The summed E-state index contributed by atoms with van der Waals surface area (Å²) in [5, 5.41) is 3.91. The van der Waals surface area contributed by atoms with Gasteiger partial charge in [-0.15, -0.1) is 0 Å². The second-order valence-electron chi connectivity index (χ2n) is 7.55. The topological polar surface area (TPSA) is 116 Å². The van der Waals surface area contributed by atoms with E-state index in [0.717, 1.165) is 0 Å². The van der Waals surface area contributed by atoms with Gasteiger partial charge < -0.3 is 9.57 Å². The monoisotopic (exact) mass is 469 g/mol. The second kappa shape index (κ2) is 9.58. The Morgan fingerprint density at radius 3 is 2.45 bits per heavy atom. The molecule has 2 aliphatic rings. The number of oxime groups is 1. The lowest BCUT2D eigenvalue weighted by Crippen LogP contribution is -2.35. The number of hydrogen-bond donors (Lipinski definition) is 0. The van der Waals surface area contributed by atoms with Crippen LogP contribution in [0.5, 0.6) is 0 Å². The third-order valence-corrected chi connectivity index (χ3v) is 7.66. The van der Waals surface area contributed by atoms with Crippen LogP contribution in [0.15, 0.2) is 22.2 Å². The van der Waals surface area contributed by atoms with E-state index in [1.165, 1.54) is 26.2 Å². The van der Waals surface area contributed by atoms with E-state index in [2.05, 4.69) is 5.16 Å². The van der Waals surface area contributed by atoms with Gasteiger partial charge in [-0.25, -0.2) is 8.42 Å². The summed E-state index contributed by atoms with van der Waals surface area (Å²) in [4.78, 5) is 42.9. The fourth-order valence-electron chi connectivity index (χ4n) is 3.79. The molecule has 31 heavy (non-hydrogen) atoms. The average Bonchev–Trinajstić information content (AvgIpc) is 2.74. The largest absolute Gasteiger partial charge is 0.390 e. The SMILES string of the molecule is CCS(=O)(=O)c1ccc(C(=O)C2C(=O)CCCC2=O)c(Cl)c1C1=NOC(COC)CC1. The van der Waals surface area contributed by atoms with Crippen LogP contribution >= 0.6 is 11.6 Å². The fraction of sp³-hybridized carbons (Fsp3) is 0.524. The minimum atomic E-state index is -3.70. The summed E-state index contributed by atoms with van der Waals surface area (Å²) in [6.45, 7) is 1.83. The van der Waals surface area contributed by atoms with Gasteiger partial charge in [0.25, 0.3) is 0 Å². The van der Waals surface area contributed by atoms with Crippen LogP contribution in [0, 0.1) is 5.92 Å². The zero-order valence-electron chi connectivity index (χ0n) is 17.4. The maximum absolute atomic E-state index is 13.1. The standard InChI is InChI=1S/C21H24ClNO7S/c1-3-31(27,28)17-10-8-13(21(26)19-15(24)5-4-6-16(19)25)20(22)18(17)14-9-7-12(11-29-2)30-23-14/h8,10,12,19H,3-7,9,11H2,1-2H3. The Hall–Kier alpha value is -2.10. The van der Waals surface area contributed by atoms with Gasteiger partial charge in [-0.3, -0.25) is 14.4 Å². The summed E-state index contributed by atoms with van der Waals surface area (Å²) in [6.07, 6.45) is 1.32. The van der Waals surface area contributed by atoms with Crippen LogP contribution in [-0.4, -0.2) is 57.1 Å². The van der Waals surface area contributed by atoms with Crippen LogP contribution in [0.4, 0.5) is 0 Å². The highest BCUT2D eigenvalue weighted by Gasteiger charge is 2.38. The smallest absolute Gasteiger partial charge is 0.182 e. The van der Waals surface area contributed by atoms with Crippen LogP contribution in [0.1, 0.15) is 54.9 Å². The molecule has 168 valence electrons. The normalized spacial score (nSPS) is 20.4. The number of Topliss-reactive ketones (excluding diaryl/α,β-unsaturated/α-hetero) is 3. The highest BCUT2D eigenvalue weighted by molar-refractivity contribution is 7.91. The molecule has 10 heteroatoms. The first-order chi connectivity index (χ1) is 14.7. The van der Waals surface area contributed by atoms with Gasteiger partial charge in [0.1, 0.15) is 5.92 Å². The molecule has 0 bridgehead atoms. The molecule has 8 nitrogen and oxygen atoms in total. The molecule has 0 spiro atoms. The predicted octanol–water partition coefficient (Wildman–Crippen LogP) is 2.78. The van der Waals surface area contributed by atoms with E-state index in [4.69, 9.17) is 21.2 Å². The Labute approximate surface area is 185 Å². The van der Waals surface area contributed by atoms with Crippen LogP contribution < -0.4 is 0 Å². The molecule has 0 radical (unpaired) electrons. The number of benzene rings is 1. The summed E-state index contributed by atoms with van der Waals surface area (Å²) in [5.41, 5.74) is 0.309. The molecule has 1 unspecified atom stereocenters. The van der Waals surface area contributed by atoms with E-state index in [9.17, 15) is 22.8 Å². The molecular weight excluding hydrogens is 446 g/mol. The first kappa shape index (κ1) is 23.6. The maximum atomic E-state index is 13.1. The van der Waals surface area contributed by atoms with E-state index in [0.29, 0.717) is 31.6 Å². The van der Waals surface area contributed by atoms with Gasteiger partial charge in [-0.2, -0.15) is 0 Å². The van der Waals surface area contributed by atoms with Gasteiger partial charge in [0, 0.05) is 31.1 Å². The van der Waals surface area contributed by atoms with Crippen LogP contribution in [-0.2, 0) is 29.0 Å². The van der Waals surface area contributed by atoms with Gasteiger partial charge in [0.15, 0.2) is 33.3 Å². The third-order valence-electron chi connectivity index (χ3n) is 5.49. The maximum Gasteiger partial charge on any atom is 0.182 e. The molecule has 0 N–H and O–H groups in total. The first-order valence-electron chi connectivity index (χ1n) is 10.1. The number of carbonyl (C=O) groups excluding carboxylic acids is 3. The Bertz CT molecular complexity index is 1030. The molecule has 1 aliphatic carbocycles. The molecule has 0 saturated heterocycles. The number of ketones is 3. The Morgan fingerprint density at radius 2 is 1.90 bits per heavy atom. The number of rotatable bonds is 7. The third kappa shape index (κ3) is 4.73. The molecule has 1 fully saturated rings. The summed E-state index contributed by atoms with van der Waals surface area (Å²) < 4.78 is 30.5. The Balaban J connectivity index is 2.10. The minimum Gasteiger partial charge on any atom is -0.390 e. The lowest BCUT2D eigenvalue weighted by Gasteiger charge is -2.24. The molecule has 1 aromatic carbocycles. The van der Waals surface area contributed by atoms with Gasteiger partial charge in [0.2, 0.25) is 0 Å². The number of carbonyl (C=O) groups is 3.